The molecule has 0 aliphatic rings. The van der Waals surface area contributed by atoms with Crippen molar-refractivity contribution >= 4 is 17.5 Å². The second-order valence-electron chi connectivity index (χ2n) is 6.54. The van der Waals surface area contributed by atoms with E-state index in [2.05, 4.69) is 54.6 Å². The van der Waals surface area contributed by atoms with Crippen LogP contribution >= 0.6 is 11.6 Å². The average molecular weight is 340 g/mol. The molecule has 0 amide bonds. The molecule has 2 N–H and O–H groups in total. The first-order chi connectivity index (χ1) is 11.5. The predicted octanol–water partition coefficient (Wildman–Crippen LogP) is 5.42. The lowest BCUT2D eigenvalue weighted by Crippen LogP contribution is -2.09. The predicted molar refractivity (Wildman–Crippen MR) is 102 cm³/mol. The number of aromatic nitrogens is 2. The van der Waals surface area contributed by atoms with Crippen LogP contribution in [0.25, 0.3) is 22.5 Å². The summed E-state index contributed by atoms with van der Waals surface area (Å²) in [4.78, 5) is 4.67. The highest BCUT2D eigenvalue weighted by Gasteiger charge is 2.19. The van der Waals surface area contributed by atoms with Gasteiger partial charge in [-0.2, -0.15) is 0 Å². The summed E-state index contributed by atoms with van der Waals surface area (Å²) in [6.45, 7) is 7.26. The van der Waals surface area contributed by atoms with Gasteiger partial charge in [0.15, 0.2) is 0 Å². The molecule has 1 aromatic heterocycles. The highest BCUT2D eigenvalue weighted by atomic mass is 35.5. The smallest absolute Gasteiger partial charge is 0.201 e. The van der Waals surface area contributed by atoms with Gasteiger partial charge in [0.1, 0.15) is 0 Å². The minimum Gasteiger partial charge on any atom is -0.369 e. The van der Waals surface area contributed by atoms with Gasteiger partial charge in [-0.1, -0.05) is 67.4 Å². The lowest BCUT2D eigenvalue weighted by molar-refractivity contribution is 0.531. The molecule has 0 saturated heterocycles. The van der Waals surface area contributed by atoms with Crippen LogP contribution in [0, 0.1) is 12.8 Å². The zero-order valence-electron chi connectivity index (χ0n) is 14.3. The van der Waals surface area contributed by atoms with Crippen LogP contribution in [0.5, 0.6) is 0 Å². The maximum atomic E-state index is 6.25. The lowest BCUT2D eigenvalue weighted by Gasteiger charge is -2.14. The maximum Gasteiger partial charge on any atom is 0.201 e. The number of hydrogen-bond donors (Lipinski definition) is 1. The van der Waals surface area contributed by atoms with E-state index in [1.165, 1.54) is 5.56 Å². The van der Waals surface area contributed by atoms with Crippen molar-refractivity contribution in [3.8, 4) is 22.5 Å². The van der Waals surface area contributed by atoms with Crippen molar-refractivity contribution in [2.24, 2.45) is 5.92 Å². The van der Waals surface area contributed by atoms with Crippen molar-refractivity contribution < 1.29 is 0 Å². The first-order valence-electron chi connectivity index (χ1n) is 8.14. The minimum atomic E-state index is 0.471. The first-order valence-corrected chi connectivity index (χ1v) is 8.52. The van der Waals surface area contributed by atoms with Gasteiger partial charge in [-0.25, -0.2) is 4.98 Å². The van der Waals surface area contributed by atoms with Gasteiger partial charge in [0.2, 0.25) is 5.95 Å². The Morgan fingerprint density at radius 3 is 2.17 bits per heavy atom. The van der Waals surface area contributed by atoms with Crippen LogP contribution < -0.4 is 5.73 Å². The summed E-state index contributed by atoms with van der Waals surface area (Å²) in [5, 5.41) is 0.721. The van der Waals surface area contributed by atoms with Gasteiger partial charge in [0, 0.05) is 22.7 Å². The fourth-order valence-electron chi connectivity index (χ4n) is 2.83. The van der Waals surface area contributed by atoms with E-state index in [1.54, 1.807) is 0 Å². The summed E-state index contributed by atoms with van der Waals surface area (Å²) >= 11 is 6.06. The number of nitrogens with two attached hydrogens (primary N) is 1. The van der Waals surface area contributed by atoms with Crippen molar-refractivity contribution in [1.82, 2.24) is 9.55 Å². The molecule has 0 aliphatic carbocycles. The number of imidazole rings is 1. The second-order valence-corrected chi connectivity index (χ2v) is 6.98. The number of halogens is 1. The van der Waals surface area contributed by atoms with E-state index < -0.39 is 0 Å². The van der Waals surface area contributed by atoms with E-state index in [1.807, 2.05) is 24.3 Å². The SMILES string of the molecule is Cc1ccc(-c2nc(N)n(CC(C)C)c2-c2ccc(Cl)cc2)cc1. The number of nitrogens with zero attached hydrogens (tertiary/aromatic N) is 2. The van der Waals surface area contributed by atoms with Gasteiger partial charge in [-0.3, -0.25) is 0 Å². The van der Waals surface area contributed by atoms with Gasteiger partial charge in [0.25, 0.3) is 0 Å². The molecule has 3 nitrogen and oxygen atoms in total. The quantitative estimate of drug-likeness (QED) is 0.690. The van der Waals surface area contributed by atoms with Crippen LogP contribution in [0.2, 0.25) is 5.02 Å². The minimum absolute atomic E-state index is 0.471. The molecule has 0 saturated carbocycles. The largest absolute Gasteiger partial charge is 0.369 e. The summed E-state index contributed by atoms with van der Waals surface area (Å²) in [5.74, 6) is 1.02. The van der Waals surface area contributed by atoms with E-state index in [0.717, 1.165) is 34.1 Å². The molecule has 4 heteroatoms. The van der Waals surface area contributed by atoms with E-state index in [9.17, 15) is 0 Å². The summed E-state index contributed by atoms with van der Waals surface area (Å²) in [6.07, 6.45) is 0. The summed E-state index contributed by atoms with van der Waals surface area (Å²) in [6, 6.07) is 16.2. The molecule has 1 heterocycles. The molecule has 124 valence electrons. The third-order valence-electron chi connectivity index (χ3n) is 3.99. The fourth-order valence-corrected chi connectivity index (χ4v) is 2.96. The number of nitrogen functional groups attached to an aromatic ring is 1. The van der Waals surface area contributed by atoms with E-state index in [-0.39, 0.29) is 0 Å². The molecular formula is C20H22ClN3. The normalized spacial score (nSPS) is 11.2. The average Bonchev–Trinajstić information content (AvgIpc) is 2.85. The summed E-state index contributed by atoms with van der Waals surface area (Å²) < 4.78 is 2.10. The lowest BCUT2D eigenvalue weighted by atomic mass is 10.0. The fraction of sp³-hybridized carbons (Fsp3) is 0.250. The van der Waals surface area contributed by atoms with Crippen molar-refractivity contribution in [3.63, 3.8) is 0 Å². The summed E-state index contributed by atoms with van der Waals surface area (Å²) in [5.41, 5.74) is 11.6. The van der Waals surface area contributed by atoms with Gasteiger partial charge in [-0.05, 0) is 25.0 Å². The number of benzene rings is 2. The number of hydrogen-bond acceptors (Lipinski definition) is 2. The van der Waals surface area contributed by atoms with Crippen molar-refractivity contribution in [1.29, 1.82) is 0 Å². The molecule has 0 fully saturated rings. The van der Waals surface area contributed by atoms with E-state index in [0.29, 0.717) is 11.9 Å². The van der Waals surface area contributed by atoms with Gasteiger partial charge in [-0.15, -0.1) is 0 Å². The standard InChI is InChI=1S/C20H22ClN3/c1-13(2)12-24-19(16-8-10-17(21)11-9-16)18(23-20(24)22)15-6-4-14(3)5-7-15/h4-11,13H,12H2,1-3H3,(H2,22,23). The molecule has 0 spiro atoms. The second kappa shape index (κ2) is 6.70. The van der Waals surface area contributed by atoms with E-state index in [4.69, 9.17) is 17.3 Å². The third-order valence-corrected chi connectivity index (χ3v) is 4.24. The van der Waals surface area contributed by atoms with E-state index >= 15 is 0 Å². The highest BCUT2D eigenvalue weighted by molar-refractivity contribution is 6.30. The Balaban J connectivity index is 2.21. The Bertz CT molecular complexity index is 831. The first kappa shape index (κ1) is 16.6. The van der Waals surface area contributed by atoms with Crippen LogP contribution in [0.3, 0.4) is 0 Å². The van der Waals surface area contributed by atoms with Crippen LogP contribution in [-0.4, -0.2) is 9.55 Å². The van der Waals surface area contributed by atoms with Gasteiger partial charge in [0.05, 0.1) is 11.4 Å². The molecule has 2 aromatic carbocycles. The molecule has 3 aromatic rings. The third kappa shape index (κ3) is 3.31. The van der Waals surface area contributed by atoms with Crippen LogP contribution in [-0.2, 0) is 6.54 Å². The molecule has 0 bridgehead atoms. The Morgan fingerprint density at radius 1 is 1.00 bits per heavy atom. The van der Waals surface area contributed by atoms with Gasteiger partial charge >= 0.3 is 0 Å². The topological polar surface area (TPSA) is 43.8 Å². The monoisotopic (exact) mass is 339 g/mol. The van der Waals surface area contributed by atoms with Crippen LogP contribution in [0.1, 0.15) is 19.4 Å². The Labute approximate surface area is 148 Å². The molecule has 0 atom stereocenters. The van der Waals surface area contributed by atoms with Crippen molar-refractivity contribution in [3.05, 3.63) is 59.1 Å². The number of anilines is 1. The zero-order valence-corrected chi connectivity index (χ0v) is 15.0. The molecule has 0 aliphatic heterocycles. The number of aryl methyl sites for hydroxylation is 1. The number of rotatable bonds is 4. The Morgan fingerprint density at radius 2 is 1.58 bits per heavy atom. The zero-order chi connectivity index (χ0) is 17.3. The Hall–Kier alpha value is -2.26. The van der Waals surface area contributed by atoms with Crippen LogP contribution in [0.4, 0.5) is 5.95 Å². The summed E-state index contributed by atoms with van der Waals surface area (Å²) in [7, 11) is 0. The highest BCUT2D eigenvalue weighted by Crippen LogP contribution is 2.35. The van der Waals surface area contributed by atoms with Crippen LogP contribution in [0.15, 0.2) is 48.5 Å². The molecule has 24 heavy (non-hydrogen) atoms. The van der Waals surface area contributed by atoms with Crippen molar-refractivity contribution in [2.45, 2.75) is 27.3 Å². The maximum absolute atomic E-state index is 6.25. The van der Waals surface area contributed by atoms with Crippen molar-refractivity contribution in [2.75, 3.05) is 5.73 Å². The molecule has 0 radical (unpaired) electrons. The van der Waals surface area contributed by atoms with Gasteiger partial charge < -0.3 is 10.3 Å². The molecule has 0 unspecified atom stereocenters. The molecular weight excluding hydrogens is 318 g/mol. The Kier molecular flexibility index (Phi) is 4.63. The molecule has 3 rings (SSSR count).